The third kappa shape index (κ3) is 3.17. The Morgan fingerprint density at radius 1 is 1.44 bits per heavy atom. The summed E-state index contributed by atoms with van der Waals surface area (Å²) in [4.78, 5) is 18.1. The number of hydrogen-bond donors (Lipinski definition) is 0. The second kappa shape index (κ2) is 6.11. The first-order chi connectivity index (χ1) is 8.68. The predicted molar refractivity (Wildman–Crippen MR) is 76.9 cm³/mol. The van der Waals surface area contributed by atoms with Crippen molar-refractivity contribution in [3.63, 3.8) is 0 Å². The zero-order valence-electron chi connectivity index (χ0n) is 9.97. The van der Waals surface area contributed by atoms with Gasteiger partial charge in [-0.15, -0.1) is 11.3 Å². The fourth-order valence-corrected chi connectivity index (χ4v) is 2.65. The fourth-order valence-electron chi connectivity index (χ4n) is 1.58. The van der Waals surface area contributed by atoms with E-state index in [4.69, 9.17) is 0 Å². The van der Waals surface area contributed by atoms with Gasteiger partial charge in [-0.2, -0.15) is 0 Å². The molecule has 1 amide bonds. The first-order valence-electron chi connectivity index (χ1n) is 5.57. The van der Waals surface area contributed by atoms with Gasteiger partial charge in [0, 0.05) is 36.1 Å². The molecule has 1 heterocycles. The van der Waals surface area contributed by atoms with Gasteiger partial charge in [0.15, 0.2) is 0 Å². The van der Waals surface area contributed by atoms with Crippen molar-refractivity contribution in [1.82, 2.24) is 9.88 Å². The van der Waals surface area contributed by atoms with Crippen LogP contribution in [-0.2, 0) is 6.42 Å². The summed E-state index contributed by atoms with van der Waals surface area (Å²) in [7, 11) is 1.81. The van der Waals surface area contributed by atoms with E-state index in [0.29, 0.717) is 12.1 Å². The number of halogens is 1. The lowest BCUT2D eigenvalue weighted by molar-refractivity contribution is 0.0795. The van der Waals surface area contributed by atoms with Crippen molar-refractivity contribution in [3.8, 4) is 0 Å². The second-order valence-corrected chi connectivity index (χ2v) is 5.72. The molecule has 0 saturated carbocycles. The van der Waals surface area contributed by atoms with Crippen LogP contribution >= 0.6 is 27.3 Å². The Hall–Kier alpha value is -1.20. The number of carbonyl (C=O) groups excluding carboxylic acids is 1. The van der Waals surface area contributed by atoms with Gasteiger partial charge in [-0.25, -0.2) is 4.98 Å². The Morgan fingerprint density at radius 3 is 2.89 bits per heavy atom. The molecule has 0 atom stereocenters. The number of amides is 1. The van der Waals surface area contributed by atoms with Crippen molar-refractivity contribution < 1.29 is 4.79 Å². The maximum absolute atomic E-state index is 12.2. The third-order valence-electron chi connectivity index (χ3n) is 2.60. The standard InChI is InChI=1S/C13H13BrN2OS/c1-16(8-6-12-15-7-9-18-12)13(17)10-4-2-3-5-11(10)14/h2-5,7,9H,6,8H2,1H3. The zero-order valence-corrected chi connectivity index (χ0v) is 12.4. The molecule has 94 valence electrons. The molecule has 0 radical (unpaired) electrons. The van der Waals surface area contributed by atoms with Crippen molar-refractivity contribution in [2.75, 3.05) is 13.6 Å². The summed E-state index contributed by atoms with van der Waals surface area (Å²) in [5, 5.41) is 3.01. The molecule has 5 heteroatoms. The third-order valence-corrected chi connectivity index (χ3v) is 4.13. The lowest BCUT2D eigenvalue weighted by Gasteiger charge is -2.17. The molecule has 0 aliphatic heterocycles. The van der Waals surface area contributed by atoms with Crippen LogP contribution in [-0.4, -0.2) is 29.4 Å². The van der Waals surface area contributed by atoms with E-state index in [1.165, 1.54) is 0 Å². The molecule has 0 aliphatic rings. The minimum atomic E-state index is 0.0269. The number of nitrogens with zero attached hydrogens (tertiary/aromatic N) is 2. The first kappa shape index (κ1) is 13.2. The summed E-state index contributed by atoms with van der Waals surface area (Å²) in [6.07, 6.45) is 2.58. The van der Waals surface area contributed by atoms with Gasteiger partial charge >= 0.3 is 0 Å². The molecule has 2 rings (SSSR count). The molecule has 0 aliphatic carbocycles. The van der Waals surface area contributed by atoms with Crippen molar-refractivity contribution in [1.29, 1.82) is 0 Å². The van der Waals surface area contributed by atoms with Gasteiger partial charge in [0.2, 0.25) is 0 Å². The van der Waals surface area contributed by atoms with Crippen LogP contribution in [0.4, 0.5) is 0 Å². The van der Waals surface area contributed by atoms with Crippen molar-refractivity contribution in [3.05, 3.63) is 50.9 Å². The van der Waals surface area contributed by atoms with Crippen molar-refractivity contribution >= 4 is 33.2 Å². The number of aromatic nitrogens is 1. The molecule has 0 saturated heterocycles. The van der Waals surface area contributed by atoms with E-state index in [0.717, 1.165) is 15.9 Å². The maximum Gasteiger partial charge on any atom is 0.254 e. The average Bonchev–Trinajstić information content (AvgIpc) is 2.89. The number of thiazole rings is 1. The van der Waals surface area contributed by atoms with Crippen LogP contribution in [0.25, 0.3) is 0 Å². The lowest BCUT2D eigenvalue weighted by Crippen LogP contribution is -2.29. The minimum Gasteiger partial charge on any atom is -0.341 e. The largest absolute Gasteiger partial charge is 0.341 e. The minimum absolute atomic E-state index is 0.0269. The summed E-state index contributed by atoms with van der Waals surface area (Å²) in [5.41, 5.74) is 0.694. The van der Waals surface area contributed by atoms with Gasteiger partial charge in [0.05, 0.1) is 10.6 Å². The molecule has 18 heavy (non-hydrogen) atoms. The molecule has 3 nitrogen and oxygen atoms in total. The summed E-state index contributed by atoms with van der Waals surface area (Å²) in [5.74, 6) is 0.0269. The highest BCUT2D eigenvalue weighted by atomic mass is 79.9. The summed E-state index contributed by atoms with van der Waals surface area (Å²) in [6, 6.07) is 7.47. The topological polar surface area (TPSA) is 33.2 Å². The molecular formula is C13H13BrN2OS. The maximum atomic E-state index is 12.2. The van der Waals surface area contributed by atoms with E-state index in [-0.39, 0.29) is 5.91 Å². The summed E-state index contributed by atoms with van der Waals surface area (Å²) < 4.78 is 0.830. The number of carbonyl (C=O) groups is 1. The van der Waals surface area contributed by atoms with Crippen LogP contribution in [0.5, 0.6) is 0 Å². The molecule has 0 bridgehead atoms. The van der Waals surface area contributed by atoms with Crippen LogP contribution in [0, 0.1) is 0 Å². The highest BCUT2D eigenvalue weighted by Gasteiger charge is 2.14. The van der Waals surface area contributed by atoms with Gasteiger partial charge in [0.1, 0.15) is 0 Å². The summed E-state index contributed by atoms with van der Waals surface area (Å²) >= 11 is 5.01. The molecule has 0 fully saturated rings. The Morgan fingerprint density at radius 2 is 2.22 bits per heavy atom. The number of rotatable bonds is 4. The van der Waals surface area contributed by atoms with E-state index < -0.39 is 0 Å². The van der Waals surface area contributed by atoms with Gasteiger partial charge < -0.3 is 4.90 Å². The fraction of sp³-hybridized carbons (Fsp3) is 0.231. The Bertz CT molecular complexity index is 528. The Balaban J connectivity index is 1.99. The average molecular weight is 325 g/mol. The molecule has 2 aromatic rings. The van der Waals surface area contributed by atoms with E-state index >= 15 is 0 Å². The Labute approximate surface area is 119 Å². The molecule has 0 spiro atoms. The van der Waals surface area contributed by atoms with Crippen LogP contribution in [0.1, 0.15) is 15.4 Å². The monoisotopic (exact) mass is 324 g/mol. The SMILES string of the molecule is CN(CCc1nccs1)C(=O)c1ccccc1Br. The van der Waals surface area contributed by atoms with E-state index in [2.05, 4.69) is 20.9 Å². The summed E-state index contributed by atoms with van der Waals surface area (Å²) in [6.45, 7) is 0.674. The van der Waals surface area contributed by atoms with Crippen LogP contribution in [0.3, 0.4) is 0 Å². The molecule has 1 aromatic carbocycles. The normalized spacial score (nSPS) is 10.3. The number of hydrogen-bond acceptors (Lipinski definition) is 3. The second-order valence-electron chi connectivity index (χ2n) is 3.88. The van der Waals surface area contributed by atoms with E-state index in [9.17, 15) is 4.79 Å². The first-order valence-corrected chi connectivity index (χ1v) is 7.24. The molecule has 1 aromatic heterocycles. The van der Waals surface area contributed by atoms with Crippen molar-refractivity contribution in [2.45, 2.75) is 6.42 Å². The van der Waals surface area contributed by atoms with Crippen LogP contribution in [0.2, 0.25) is 0 Å². The highest BCUT2D eigenvalue weighted by Crippen LogP contribution is 2.17. The Kier molecular flexibility index (Phi) is 4.49. The molecule has 0 N–H and O–H groups in total. The predicted octanol–water partition coefficient (Wildman–Crippen LogP) is 3.22. The quantitative estimate of drug-likeness (QED) is 0.865. The van der Waals surface area contributed by atoms with Crippen LogP contribution < -0.4 is 0 Å². The smallest absolute Gasteiger partial charge is 0.254 e. The van der Waals surface area contributed by atoms with Gasteiger partial charge in [-0.3, -0.25) is 4.79 Å². The zero-order chi connectivity index (χ0) is 13.0. The van der Waals surface area contributed by atoms with E-state index in [1.54, 1.807) is 22.4 Å². The number of likely N-dealkylation sites (N-methyl/N-ethyl adjacent to an activating group) is 1. The molecular weight excluding hydrogens is 312 g/mol. The number of benzene rings is 1. The van der Waals surface area contributed by atoms with Gasteiger partial charge in [0.25, 0.3) is 5.91 Å². The van der Waals surface area contributed by atoms with Gasteiger partial charge in [-0.05, 0) is 28.1 Å². The molecule has 0 unspecified atom stereocenters. The van der Waals surface area contributed by atoms with Crippen molar-refractivity contribution in [2.24, 2.45) is 0 Å². The van der Waals surface area contributed by atoms with Crippen LogP contribution in [0.15, 0.2) is 40.3 Å². The van der Waals surface area contributed by atoms with E-state index in [1.807, 2.05) is 36.7 Å². The lowest BCUT2D eigenvalue weighted by atomic mass is 10.2. The highest BCUT2D eigenvalue weighted by molar-refractivity contribution is 9.10. The van der Waals surface area contributed by atoms with Gasteiger partial charge in [-0.1, -0.05) is 12.1 Å².